The van der Waals surface area contributed by atoms with Crippen LogP contribution in [-0.2, 0) is 0 Å². The number of anilines is 1. The largest absolute Gasteiger partial charge is 0.368 e. The number of carbonyl (C=O) groups excluding carboxylic acids is 1. The first kappa shape index (κ1) is 14.3. The van der Waals surface area contributed by atoms with E-state index in [1.165, 1.54) is 0 Å². The molecule has 2 rings (SSSR count). The van der Waals surface area contributed by atoms with Crippen LogP contribution in [0.2, 0.25) is 0 Å². The molecule has 0 spiro atoms. The summed E-state index contributed by atoms with van der Waals surface area (Å²) in [5.41, 5.74) is 6.69. The summed E-state index contributed by atoms with van der Waals surface area (Å²) in [7, 11) is 0. The number of hydrogen-bond acceptors (Lipinski definition) is 4. The molecule has 1 aromatic carbocycles. The number of nitrogens with one attached hydrogen (secondary N) is 2. The Morgan fingerprint density at radius 2 is 2.05 bits per heavy atom. The molecule has 106 valence electrons. The summed E-state index contributed by atoms with van der Waals surface area (Å²) in [6.07, 6.45) is 0. The molecule has 0 aliphatic heterocycles. The van der Waals surface area contributed by atoms with Gasteiger partial charge in [-0.2, -0.15) is 0 Å². The first-order valence-corrected chi connectivity index (χ1v) is 6.75. The predicted molar refractivity (Wildman–Crippen MR) is 81.9 cm³/mol. The molecule has 1 amide bonds. The maximum Gasteiger partial charge on any atom is 0.252 e. The zero-order valence-electron chi connectivity index (χ0n) is 11.8. The minimum Gasteiger partial charge on any atom is -0.368 e. The van der Waals surface area contributed by atoms with E-state index < -0.39 is 5.91 Å². The number of amides is 1. The quantitative estimate of drug-likeness (QED) is 0.700. The average Bonchev–Trinajstić information content (AvgIpc) is 2.42. The third-order valence-corrected chi connectivity index (χ3v) is 2.96. The highest BCUT2D eigenvalue weighted by molar-refractivity contribution is 6.01. The monoisotopic (exact) mass is 272 g/mol. The fourth-order valence-electron chi connectivity index (χ4n) is 1.98. The standard InChI is InChI=1S/C15H20N4O/c1-10(2)17-7-8-18-15-12(14(16)20)9-11-5-3-4-6-13(11)19-15/h3-6,9-10,17H,7-8H2,1-2H3,(H2,16,20)(H,18,19). The maximum atomic E-state index is 11.5. The van der Waals surface area contributed by atoms with Crippen LogP contribution in [0.5, 0.6) is 0 Å². The van der Waals surface area contributed by atoms with Gasteiger partial charge in [-0.1, -0.05) is 32.0 Å². The van der Waals surface area contributed by atoms with Crippen LogP contribution in [0.15, 0.2) is 30.3 Å². The summed E-state index contributed by atoms with van der Waals surface area (Å²) in [6.45, 7) is 5.65. The smallest absolute Gasteiger partial charge is 0.252 e. The van der Waals surface area contributed by atoms with E-state index in [4.69, 9.17) is 5.73 Å². The molecule has 20 heavy (non-hydrogen) atoms. The van der Waals surface area contributed by atoms with E-state index in [9.17, 15) is 4.79 Å². The predicted octanol–water partition coefficient (Wildman–Crippen LogP) is 1.74. The van der Waals surface area contributed by atoms with Gasteiger partial charge in [-0.15, -0.1) is 0 Å². The highest BCUT2D eigenvalue weighted by Crippen LogP contribution is 2.19. The molecule has 0 aliphatic rings. The van der Waals surface area contributed by atoms with Gasteiger partial charge < -0.3 is 16.4 Å². The Morgan fingerprint density at radius 3 is 2.75 bits per heavy atom. The summed E-state index contributed by atoms with van der Waals surface area (Å²) in [5.74, 6) is 0.0735. The minimum atomic E-state index is -0.470. The molecule has 0 radical (unpaired) electrons. The highest BCUT2D eigenvalue weighted by Gasteiger charge is 2.11. The van der Waals surface area contributed by atoms with Gasteiger partial charge in [0.05, 0.1) is 11.1 Å². The van der Waals surface area contributed by atoms with E-state index in [1.807, 2.05) is 24.3 Å². The SMILES string of the molecule is CC(C)NCCNc1nc2ccccc2cc1C(N)=O. The molecule has 5 heteroatoms. The van der Waals surface area contributed by atoms with E-state index in [0.29, 0.717) is 24.0 Å². The lowest BCUT2D eigenvalue weighted by atomic mass is 10.1. The number of primary amides is 1. The van der Waals surface area contributed by atoms with Gasteiger partial charge >= 0.3 is 0 Å². The van der Waals surface area contributed by atoms with Crippen molar-refractivity contribution in [2.24, 2.45) is 5.73 Å². The van der Waals surface area contributed by atoms with Crippen molar-refractivity contribution in [1.82, 2.24) is 10.3 Å². The first-order chi connectivity index (χ1) is 9.58. The molecule has 4 N–H and O–H groups in total. The van der Waals surface area contributed by atoms with Crippen LogP contribution < -0.4 is 16.4 Å². The van der Waals surface area contributed by atoms with Gasteiger partial charge in [-0.25, -0.2) is 4.98 Å². The average molecular weight is 272 g/mol. The number of hydrogen-bond donors (Lipinski definition) is 3. The van der Waals surface area contributed by atoms with Crippen LogP contribution in [0.1, 0.15) is 24.2 Å². The molecule has 5 nitrogen and oxygen atoms in total. The Hall–Kier alpha value is -2.14. The molecule has 0 saturated heterocycles. The zero-order valence-corrected chi connectivity index (χ0v) is 11.8. The minimum absolute atomic E-state index is 0.424. The molecule has 0 aliphatic carbocycles. The summed E-state index contributed by atoms with van der Waals surface area (Å²) in [5, 5.41) is 7.37. The van der Waals surface area contributed by atoms with Gasteiger partial charge in [0, 0.05) is 24.5 Å². The summed E-state index contributed by atoms with van der Waals surface area (Å²) in [4.78, 5) is 16.0. The van der Waals surface area contributed by atoms with Gasteiger partial charge in [-0.05, 0) is 12.1 Å². The molecule has 1 aromatic heterocycles. The normalized spacial score (nSPS) is 10.9. The number of pyridine rings is 1. The third kappa shape index (κ3) is 3.45. The number of para-hydroxylation sites is 1. The number of nitrogens with two attached hydrogens (primary N) is 1. The molecule has 2 aromatic rings. The fraction of sp³-hybridized carbons (Fsp3) is 0.333. The van der Waals surface area contributed by atoms with Crippen molar-refractivity contribution in [3.8, 4) is 0 Å². The lowest BCUT2D eigenvalue weighted by Gasteiger charge is -2.12. The molecule has 0 atom stereocenters. The van der Waals surface area contributed by atoms with Crippen LogP contribution in [0.3, 0.4) is 0 Å². The zero-order chi connectivity index (χ0) is 14.5. The van der Waals surface area contributed by atoms with Gasteiger partial charge in [0.2, 0.25) is 0 Å². The van der Waals surface area contributed by atoms with E-state index in [1.54, 1.807) is 6.07 Å². The number of nitrogens with zero attached hydrogens (tertiary/aromatic N) is 1. The van der Waals surface area contributed by atoms with Crippen molar-refractivity contribution >= 4 is 22.6 Å². The summed E-state index contributed by atoms with van der Waals surface area (Å²) < 4.78 is 0. The molecular weight excluding hydrogens is 252 g/mol. The van der Waals surface area contributed by atoms with Crippen LogP contribution in [0.4, 0.5) is 5.82 Å². The number of carbonyl (C=O) groups is 1. The fourth-order valence-corrected chi connectivity index (χ4v) is 1.98. The van der Waals surface area contributed by atoms with Crippen molar-refractivity contribution in [1.29, 1.82) is 0 Å². The lowest BCUT2D eigenvalue weighted by Crippen LogP contribution is -2.29. The van der Waals surface area contributed by atoms with E-state index in [0.717, 1.165) is 17.4 Å². The first-order valence-electron chi connectivity index (χ1n) is 6.75. The summed E-state index contributed by atoms with van der Waals surface area (Å²) >= 11 is 0. The van der Waals surface area contributed by atoms with Gasteiger partial charge in [0.25, 0.3) is 5.91 Å². The van der Waals surface area contributed by atoms with E-state index >= 15 is 0 Å². The molecule has 0 saturated carbocycles. The van der Waals surface area contributed by atoms with E-state index in [-0.39, 0.29) is 0 Å². The molecule has 0 unspecified atom stereocenters. The Kier molecular flexibility index (Phi) is 4.53. The molecule has 0 bridgehead atoms. The Balaban J connectivity index is 2.21. The Labute approximate surface area is 118 Å². The second-order valence-electron chi connectivity index (χ2n) is 4.98. The molecular formula is C15H20N4O. The summed E-state index contributed by atoms with van der Waals surface area (Å²) in [6, 6.07) is 9.87. The van der Waals surface area contributed by atoms with Crippen LogP contribution in [0, 0.1) is 0 Å². The maximum absolute atomic E-state index is 11.5. The van der Waals surface area contributed by atoms with Crippen molar-refractivity contribution < 1.29 is 4.79 Å². The van der Waals surface area contributed by atoms with Gasteiger partial charge in [0.1, 0.15) is 5.82 Å². The second kappa shape index (κ2) is 6.34. The number of fused-ring (bicyclic) bond motifs is 1. The van der Waals surface area contributed by atoms with E-state index in [2.05, 4.69) is 29.5 Å². The van der Waals surface area contributed by atoms with Crippen LogP contribution in [0.25, 0.3) is 10.9 Å². The second-order valence-corrected chi connectivity index (χ2v) is 4.98. The molecule has 1 heterocycles. The van der Waals surface area contributed by atoms with Crippen molar-refractivity contribution in [2.75, 3.05) is 18.4 Å². The van der Waals surface area contributed by atoms with Crippen molar-refractivity contribution in [2.45, 2.75) is 19.9 Å². The lowest BCUT2D eigenvalue weighted by molar-refractivity contribution is 0.100. The number of aromatic nitrogens is 1. The molecule has 0 fully saturated rings. The number of benzene rings is 1. The Bertz CT molecular complexity index is 610. The third-order valence-electron chi connectivity index (χ3n) is 2.96. The van der Waals surface area contributed by atoms with Gasteiger partial charge in [0.15, 0.2) is 0 Å². The van der Waals surface area contributed by atoms with Crippen molar-refractivity contribution in [3.63, 3.8) is 0 Å². The number of rotatable bonds is 6. The van der Waals surface area contributed by atoms with Crippen molar-refractivity contribution in [3.05, 3.63) is 35.9 Å². The highest BCUT2D eigenvalue weighted by atomic mass is 16.1. The van der Waals surface area contributed by atoms with Crippen LogP contribution in [-0.4, -0.2) is 30.0 Å². The van der Waals surface area contributed by atoms with Crippen LogP contribution >= 0.6 is 0 Å². The Morgan fingerprint density at radius 1 is 1.30 bits per heavy atom. The topological polar surface area (TPSA) is 80.0 Å². The van der Waals surface area contributed by atoms with Gasteiger partial charge in [-0.3, -0.25) is 4.79 Å².